The van der Waals surface area contributed by atoms with Crippen LogP contribution in [0.15, 0.2) is 48.7 Å². The Morgan fingerprint density at radius 2 is 1.74 bits per heavy atom. The van der Waals surface area contributed by atoms with Crippen molar-refractivity contribution in [3.8, 4) is 11.1 Å². The van der Waals surface area contributed by atoms with Gasteiger partial charge in [-0.25, -0.2) is 4.98 Å². The van der Waals surface area contributed by atoms with Crippen molar-refractivity contribution in [3.05, 3.63) is 59.8 Å². The molecule has 0 aliphatic heterocycles. The van der Waals surface area contributed by atoms with Gasteiger partial charge in [-0.05, 0) is 34.9 Å². The second-order valence-corrected chi connectivity index (χ2v) is 7.15. The van der Waals surface area contributed by atoms with E-state index in [9.17, 15) is 0 Å². The quantitative estimate of drug-likeness (QED) is 0.671. The van der Waals surface area contributed by atoms with E-state index in [0.717, 1.165) is 5.82 Å². The molecule has 0 unspecified atom stereocenters. The summed E-state index contributed by atoms with van der Waals surface area (Å²) < 4.78 is 0. The van der Waals surface area contributed by atoms with Crippen LogP contribution in [-0.2, 0) is 5.41 Å². The summed E-state index contributed by atoms with van der Waals surface area (Å²) in [5, 5.41) is 5.65. The number of rotatable bonds is 2. The lowest BCUT2D eigenvalue weighted by Crippen LogP contribution is -2.11. The Balaban J connectivity index is 2.29. The van der Waals surface area contributed by atoms with Gasteiger partial charge >= 0.3 is 0 Å². The van der Waals surface area contributed by atoms with Crippen molar-refractivity contribution in [1.82, 2.24) is 4.98 Å². The molecule has 0 aliphatic rings. The molecule has 118 valence electrons. The third kappa shape index (κ3) is 2.94. The number of hydrogen-bond acceptors (Lipinski definition) is 2. The topological polar surface area (TPSA) is 24.9 Å². The van der Waals surface area contributed by atoms with Crippen LogP contribution in [0.25, 0.3) is 21.9 Å². The van der Waals surface area contributed by atoms with Crippen molar-refractivity contribution in [2.24, 2.45) is 0 Å². The summed E-state index contributed by atoms with van der Waals surface area (Å²) in [6.45, 7) is 8.85. The predicted molar refractivity (Wildman–Crippen MR) is 100 cm³/mol. The second-order valence-electron chi connectivity index (χ2n) is 7.15. The number of pyridine rings is 1. The summed E-state index contributed by atoms with van der Waals surface area (Å²) in [4.78, 5) is 4.64. The molecule has 0 spiro atoms. The van der Waals surface area contributed by atoms with Crippen molar-refractivity contribution in [3.63, 3.8) is 0 Å². The van der Waals surface area contributed by atoms with E-state index >= 15 is 0 Å². The number of nitrogens with zero attached hydrogens (tertiary/aromatic N) is 1. The van der Waals surface area contributed by atoms with Gasteiger partial charge in [-0.1, -0.05) is 62.7 Å². The molecule has 0 amide bonds. The van der Waals surface area contributed by atoms with Crippen LogP contribution in [0.3, 0.4) is 0 Å². The highest BCUT2D eigenvalue weighted by Crippen LogP contribution is 2.35. The summed E-state index contributed by atoms with van der Waals surface area (Å²) in [5.41, 5.74) is 5.11. The Hall–Kier alpha value is -2.35. The van der Waals surface area contributed by atoms with Crippen LogP contribution >= 0.6 is 0 Å². The SMILES string of the molecule is CNc1ncc(-c2cccc(C)c2)c2ccc(C(C)(C)C)cc12. The van der Waals surface area contributed by atoms with Gasteiger partial charge in [-0.3, -0.25) is 0 Å². The fourth-order valence-corrected chi connectivity index (χ4v) is 2.95. The minimum Gasteiger partial charge on any atom is -0.373 e. The summed E-state index contributed by atoms with van der Waals surface area (Å²) in [7, 11) is 1.93. The molecule has 1 heterocycles. The summed E-state index contributed by atoms with van der Waals surface area (Å²) >= 11 is 0. The van der Waals surface area contributed by atoms with Gasteiger partial charge in [0.25, 0.3) is 0 Å². The Labute approximate surface area is 138 Å². The van der Waals surface area contributed by atoms with Crippen molar-refractivity contribution < 1.29 is 0 Å². The Morgan fingerprint density at radius 1 is 0.957 bits per heavy atom. The zero-order valence-electron chi connectivity index (χ0n) is 14.6. The normalized spacial score (nSPS) is 11.7. The highest BCUT2D eigenvalue weighted by atomic mass is 15.0. The highest BCUT2D eigenvalue weighted by molar-refractivity contribution is 6.02. The maximum atomic E-state index is 4.64. The molecule has 2 aromatic carbocycles. The number of aryl methyl sites for hydroxylation is 1. The third-order valence-corrected chi connectivity index (χ3v) is 4.32. The van der Waals surface area contributed by atoms with Crippen LogP contribution in [0.5, 0.6) is 0 Å². The molecular formula is C21H24N2. The van der Waals surface area contributed by atoms with Crippen LogP contribution in [0.2, 0.25) is 0 Å². The smallest absolute Gasteiger partial charge is 0.133 e. The van der Waals surface area contributed by atoms with Gasteiger partial charge in [0, 0.05) is 24.2 Å². The van der Waals surface area contributed by atoms with E-state index in [1.54, 1.807) is 0 Å². The van der Waals surface area contributed by atoms with Crippen LogP contribution < -0.4 is 5.32 Å². The first kappa shape index (κ1) is 15.5. The number of nitrogens with one attached hydrogen (secondary N) is 1. The van der Waals surface area contributed by atoms with E-state index in [2.05, 4.69) is 80.5 Å². The lowest BCUT2D eigenvalue weighted by atomic mass is 9.85. The molecule has 0 atom stereocenters. The molecular weight excluding hydrogens is 280 g/mol. The van der Waals surface area contributed by atoms with Crippen molar-refractivity contribution in [2.75, 3.05) is 12.4 Å². The second kappa shape index (κ2) is 5.69. The molecule has 0 saturated carbocycles. The van der Waals surface area contributed by atoms with E-state index in [-0.39, 0.29) is 5.41 Å². The maximum absolute atomic E-state index is 4.64. The van der Waals surface area contributed by atoms with Gasteiger partial charge in [0.05, 0.1) is 0 Å². The molecule has 23 heavy (non-hydrogen) atoms. The first-order valence-electron chi connectivity index (χ1n) is 8.08. The number of aromatic nitrogens is 1. The summed E-state index contributed by atoms with van der Waals surface area (Å²) in [5.74, 6) is 0.933. The largest absolute Gasteiger partial charge is 0.373 e. The average molecular weight is 304 g/mol. The molecule has 0 bridgehead atoms. The Bertz CT molecular complexity index is 857. The first-order chi connectivity index (χ1) is 10.9. The zero-order valence-corrected chi connectivity index (χ0v) is 14.6. The number of fused-ring (bicyclic) bond motifs is 1. The van der Waals surface area contributed by atoms with Crippen LogP contribution in [0.1, 0.15) is 31.9 Å². The maximum Gasteiger partial charge on any atom is 0.133 e. The zero-order chi connectivity index (χ0) is 16.6. The van der Waals surface area contributed by atoms with Gasteiger partial charge < -0.3 is 5.32 Å². The fourth-order valence-electron chi connectivity index (χ4n) is 2.95. The minimum atomic E-state index is 0.124. The average Bonchev–Trinajstić information content (AvgIpc) is 2.52. The molecule has 1 aromatic heterocycles. The molecule has 3 aromatic rings. The van der Waals surface area contributed by atoms with E-state index in [4.69, 9.17) is 0 Å². The standard InChI is InChI=1S/C21H24N2/c1-14-7-6-8-15(11-14)19-13-23-20(22-5)18-12-16(21(2,3)4)9-10-17(18)19/h6-13H,1-5H3,(H,22,23). The molecule has 0 aliphatic carbocycles. The van der Waals surface area contributed by atoms with E-state index < -0.39 is 0 Å². The molecule has 0 saturated heterocycles. The van der Waals surface area contributed by atoms with E-state index in [1.165, 1.54) is 33.0 Å². The van der Waals surface area contributed by atoms with Crippen LogP contribution in [0, 0.1) is 6.92 Å². The lowest BCUT2D eigenvalue weighted by Gasteiger charge is -2.21. The molecule has 0 fully saturated rings. The summed E-state index contributed by atoms with van der Waals surface area (Å²) in [6.07, 6.45) is 1.97. The number of anilines is 1. The van der Waals surface area contributed by atoms with Gasteiger partial charge in [-0.15, -0.1) is 0 Å². The molecule has 0 radical (unpaired) electrons. The monoisotopic (exact) mass is 304 g/mol. The number of hydrogen-bond donors (Lipinski definition) is 1. The Morgan fingerprint density at radius 3 is 2.39 bits per heavy atom. The summed E-state index contributed by atoms with van der Waals surface area (Å²) in [6, 6.07) is 15.3. The first-order valence-corrected chi connectivity index (χ1v) is 8.08. The van der Waals surface area contributed by atoms with Gasteiger partial charge in [0.2, 0.25) is 0 Å². The minimum absolute atomic E-state index is 0.124. The lowest BCUT2D eigenvalue weighted by molar-refractivity contribution is 0.591. The number of benzene rings is 2. The predicted octanol–water partition coefficient (Wildman–Crippen LogP) is 5.55. The highest BCUT2D eigenvalue weighted by Gasteiger charge is 2.16. The van der Waals surface area contributed by atoms with Gasteiger partial charge in [-0.2, -0.15) is 0 Å². The molecule has 2 heteroatoms. The van der Waals surface area contributed by atoms with E-state index in [0.29, 0.717) is 0 Å². The van der Waals surface area contributed by atoms with Crippen LogP contribution in [0.4, 0.5) is 5.82 Å². The van der Waals surface area contributed by atoms with E-state index in [1.807, 2.05) is 13.2 Å². The van der Waals surface area contributed by atoms with Crippen molar-refractivity contribution >= 4 is 16.6 Å². The van der Waals surface area contributed by atoms with Gasteiger partial charge in [0.1, 0.15) is 5.82 Å². The molecule has 3 rings (SSSR count). The third-order valence-electron chi connectivity index (χ3n) is 4.32. The molecule has 2 nitrogen and oxygen atoms in total. The van der Waals surface area contributed by atoms with Gasteiger partial charge in [0.15, 0.2) is 0 Å². The van der Waals surface area contributed by atoms with Crippen molar-refractivity contribution in [2.45, 2.75) is 33.1 Å². The van der Waals surface area contributed by atoms with Crippen LogP contribution in [-0.4, -0.2) is 12.0 Å². The fraction of sp³-hybridized carbons (Fsp3) is 0.286. The molecule has 1 N–H and O–H groups in total. The Kier molecular flexibility index (Phi) is 3.85. The van der Waals surface area contributed by atoms with Crippen molar-refractivity contribution in [1.29, 1.82) is 0 Å².